The van der Waals surface area contributed by atoms with Gasteiger partial charge < -0.3 is 5.32 Å². The van der Waals surface area contributed by atoms with Gasteiger partial charge in [0.15, 0.2) is 0 Å². The number of benzene rings is 1. The summed E-state index contributed by atoms with van der Waals surface area (Å²) >= 11 is 1.87. The summed E-state index contributed by atoms with van der Waals surface area (Å²) in [6.45, 7) is 7.95. The van der Waals surface area contributed by atoms with Gasteiger partial charge in [0.05, 0.1) is 6.04 Å². The average Bonchev–Trinajstić information content (AvgIpc) is 3.07. The standard InChI is InChI=1S/C19H27NS/c1-4-14-20-18(17-13-10-15-21-17)19(5-2,6-3)16-11-8-7-9-12-16/h7-13,15,18,20H,4-6,14H2,1-3H3. The Balaban J connectivity index is 2.45. The molecule has 0 saturated carbocycles. The third-order valence-electron chi connectivity index (χ3n) is 4.59. The maximum atomic E-state index is 3.82. The van der Waals surface area contributed by atoms with E-state index < -0.39 is 0 Å². The van der Waals surface area contributed by atoms with Crippen LogP contribution in [0.2, 0.25) is 0 Å². The van der Waals surface area contributed by atoms with Crippen molar-refractivity contribution in [3.8, 4) is 0 Å². The van der Waals surface area contributed by atoms with Gasteiger partial charge >= 0.3 is 0 Å². The highest BCUT2D eigenvalue weighted by atomic mass is 32.1. The van der Waals surface area contributed by atoms with Crippen molar-refractivity contribution in [1.82, 2.24) is 5.32 Å². The van der Waals surface area contributed by atoms with Crippen LogP contribution in [0.4, 0.5) is 0 Å². The molecule has 2 rings (SSSR count). The minimum Gasteiger partial charge on any atom is -0.309 e. The minimum atomic E-state index is 0.168. The first-order valence-electron chi connectivity index (χ1n) is 8.10. The lowest BCUT2D eigenvalue weighted by molar-refractivity contribution is 0.278. The van der Waals surface area contributed by atoms with Crippen LogP contribution < -0.4 is 5.32 Å². The molecule has 1 unspecified atom stereocenters. The van der Waals surface area contributed by atoms with E-state index in [0.717, 1.165) is 19.4 Å². The fraction of sp³-hybridized carbons (Fsp3) is 0.474. The molecule has 114 valence electrons. The van der Waals surface area contributed by atoms with Crippen molar-refractivity contribution in [3.05, 3.63) is 58.3 Å². The third kappa shape index (κ3) is 3.38. The maximum absolute atomic E-state index is 3.82. The Labute approximate surface area is 133 Å². The molecule has 1 heterocycles. The second kappa shape index (κ2) is 7.77. The van der Waals surface area contributed by atoms with Gasteiger partial charge in [-0.15, -0.1) is 11.3 Å². The molecule has 1 N–H and O–H groups in total. The van der Waals surface area contributed by atoms with Crippen molar-refractivity contribution in [2.45, 2.75) is 51.5 Å². The summed E-state index contributed by atoms with van der Waals surface area (Å²) in [5.74, 6) is 0. The maximum Gasteiger partial charge on any atom is 0.0512 e. The highest BCUT2D eigenvalue weighted by Gasteiger charge is 2.38. The molecule has 0 fully saturated rings. The zero-order valence-corrected chi connectivity index (χ0v) is 14.2. The molecular weight excluding hydrogens is 274 g/mol. The van der Waals surface area contributed by atoms with Gasteiger partial charge in [-0.25, -0.2) is 0 Å². The van der Waals surface area contributed by atoms with Gasteiger partial charge in [0.1, 0.15) is 0 Å². The molecule has 21 heavy (non-hydrogen) atoms. The van der Waals surface area contributed by atoms with E-state index in [2.05, 4.69) is 73.9 Å². The molecule has 0 aliphatic rings. The molecule has 2 heteroatoms. The third-order valence-corrected chi connectivity index (χ3v) is 5.53. The second-order valence-corrected chi connectivity index (χ2v) is 6.61. The Kier molecular flexibility index (Phi) is 6.01. The zero-order chi connectivity index (χ0) is 15.1. The van der Waals surface area contributed by atoms with Crippen LogP contribution in [-0.2, 0) is 5.41 Å². The van der Waals surface area contributed by atoms with Crippen LogP contribution in [0.1, 0.15) is 56.5 Å². The fourth-order valence-corrected chi connectivity index (χ4v) is 4.23. The Morgan fingerprint density at radius 1 is 1.00 bits per heavy atom. The van der Waals surface area contributed by atoms with Crippen LogP contribution >= 0.6 is 11.3 Å². The molecule has 0 aliphatic carbocycles. The predicted molar refractivity (Wildman–Crippen MR) is 94.1 cm³/mol. The van der Waals surface area contributed by atoms with Gasteiger partial charge in [0, 0.05) is 10.3 Å². The normalized spacial score (nSPS) is 13.3. The predicted octanol–water partition coefficient (Wildman–Crippen LogP) is 5.55. The Bertz CT molecular complexity index is 500. The fourth-order valence-electron chi connectivity index (χ4n) is 3.32. The summed E-state index contributed by atoms with van der Waals surface area (Å²) in [5.41, 5.74) is 1.62. The van der Waals surface area contributed by atoms with Crippen LogP contribution in [0.25, 0.3) is 0 Å². The van der Waals surface area contributed by atoms with Crippen LogP contribution in [0.15, 0.2) is 47.8 Å². The zero-order valence-electron chi connectivity index (χ0n) is 13.4. The smallest absolute Gasteiger partial charge is 0.0512 e. The highest BCUT2D eigenvalue weighted by molar-refractivity contribution is 7.10. The molecule has 1 aromatic heterocycles. The first kappa shape index (κ1) is 16.3. The molecular formula is C19H27NS. The van der Waals surface area contributed by atoms with Gasteiger partial charge in [-0.1, -0.05) is 57.2 Å². The van der Waals surface area contributed by atoms with Crippen molar-refractivity contribution in [2.24, 2.45) is 0 Å². The summed E-state index contributed by atoms with van der Waals surface area (Å²) in [5, 5.41) is 6.01. The molecule has 0 amide bonds. The number of thiophene rings is 1. The number of rotatable bonds is 8. The molecule has 0 radical (unpaired) electrons. The molecule has 2 aromatic rings. The van der Waals surface area contributed by atoms with E-state index in [1.165, 1.54) is 16.9 Å². The lowest BCUT2D eigenvalue weighted by Gasteiger charge is -2.40. The Morgan fingerprint density at radius 2 is 1.71 bits per heavy atom. The lowest BCUT2D eigenvalue weighted by Crippen LogP contribution is -2.41. The molecule has 0 spiro atoms. The van der Waals surface area contributed by atoms with Crippen molar-refractivity contribution >= 4 is 11.3 Å². The largest absolute Gasteiger partial charge is 0.309 e. The average molecular weight is 301 g/mol. The minimum absolute atomic E-state index is 0.168. The quantitative estimate of drug-likeness (QED) is 0.674. The molecule has 0 bridgehead atoms. The second-order valence-electron chi connectivity index (χ2n) is 5.63. The molecule has 1 atom stereocenters. The van der Waals surface area contributed by atoms with Crippen molar-refractivity contribution < 1.29 is 0 Å². The highest BCUT2D eigenvalue weighted by Crippen LogP contribution is 2.44. The van der Waals surface area contributed by atoms with Gasteiger partial charge in [0.2, 0.25) is 0 Å². The summed E-state index contributed by atoms with van der Waals surface area (Å²) in [4.78, 5) is 1.45. The number of nitrogens with one attached hydrogen (secondary N) is 1. The monoisotopic (exact) mass is 301 g/mol. The van der Waals surface area contributed by atoms with Crippen molar-refractivity contribution in [1.29, 1.82) is 0 Å². The first-order chi connectivity index (χ1) is 10.3. The summed E-state index contributed by atoms with van der Waals surface area (Å²) in [7, 11) is 0. The van der Waals surface area contributed by atoms with Crippen LogP contribution in [0.3, 0.4) is 0 Å². The first-order valence-corrected chi connectivity index (χ1v) is 8.98. The van der Waals surface area contributed by atoms with E-state index in [1.807, 2.05) is 11.3 Å². The summed E-state index contributed by atoms with van der Waals surface area (Å²) < 4.78 is 0. The van der Waals surface area contributed by atoms with Gasteiger partial charge in [-0.2, -0.15) is 0 Å². The van der Waals surface area contributed by atoms with E-state index in [1.54, 1.807) is 0 Å². The molecule has 1 nitrogen and oxygen atoms in total. The summed E-state index contributed by atoms with van der Waals surface area (Å²) in [6.07, 6.45) is 3.46. The van der Waals surface area contributed by atoms with Crippen LogP contribution in [0.5, 0.6) is 0 Å². The van der Waals surface area contributed by atoms with E-state index in [0.29, 0.717) is 6.04 Å². The molecule has 1 aromatic carbocycles. The van der Waals surface area contributed by atoms with Crippen LogP contribution in [-0.4, -0.2) is 6.54 Å². The van der Waals surface area contributed by atoms with E-state index in [4.69, 9.17) is 0 Å². The Hall–Kier alpha value is -1.12. The van der Waals surface area contributed by atoms with Crippen molar-refractivity contribution in [3.63, 3.8) is 0 Å². The van der Waals surface area contributed by atoms with E-state index in [9.17, 15) is 0 Å². The van der Waals surface area contributed by atoms with E-state index >= 15 is 0 Å². The summed E-state index contributed by atoms with van der Waals surface area (Å²) in [6, 6.07) is 15.9. The number of hydrogen-bond acceptors (Lipinski definition) is 2. The van der Waals surface area contributed by atoms with Crippen molar-refractivity contribution in [2.75, 3.05) is 6.54 Å². The van der Waals surface area contributed by atoms with Gasteiger partial charge in [-0.3, -0.25) is 0 Å². The van der Waals surface area contributed by atoms with Gasteiger partial charge in [0.25, 0.3) is 0 Å². The Morgan fingerprint density at radius 3 is 2.24 bits per heavy atom. The molecule has 0 aliphatic heterocycles. The van der Waals surface area contributed by atoms with Crippen LogP contribution in [0, 0.1) is 0 Å². The van der Waals surface area contributed by atoms with E-state index in [-0.39, 0.29) is 5.41 Å². The SMILES string of the molecule is CCCNC(c1cccs1)C(CC)(CC)c1ccccc1. The van der Waals surface area contributed by atoms with Gasteiger partial charge in [-0.05, 0) is 42.8 Å². The topological polar surface area (TPSA) is 12.0 Å². The molecule has 0 saturated heterocycles. The lowest BCUT2D eigenvalue weighted by atomic mass is 9.69. The number of hydrogen-bond donors (Lipinski definition) is 1.